The Hall–Kier alpha value is -1.67. The molecule has 1 aromatic carbocycles. The van der Waals surface area contributed by atoms with E-state index in [1.807, 2.05) is 50.4 Å². The maximum absolute atomic E-state index is 4.94. The van der Waals surface area contributed by atoms with Gasteiger partial charge in [-0.2, -0.15) is 0 Å². The third-order valence-electron chi connectivity index (χ3n) is 2.18. The van der Waals surface area contributed by atoms with Gasteiger partial charge in [-0.3, -0.25) is 4.98 Å². The van der Waals surface area contributed by atoms with Gasteiger partial charge in [0.1, 0.15) is 0 Å². The third kappa shape index (κ3) is 4.00. The van der Waals surface area contributed by atoms with Gasteiger partial charge >= 0.3 is 0 Å². The van der Waals surface area contributed by atoms with Crippen LogP contribution in [-0.2, 0) is 4.74 Å². The van der Waals surface area contributed by atoms with E-state index in [0.717, 1.165) is 16.5 Å². The van der Waals surface area contributed by atoms with E-state index < -0.39 is 0 Å². The van der Waals surface area contributed by atoms with Crippen LogP contribution in [0.4, 0.5) is 0 Å². The SMILES string of the molecule is CC.COC/C=C/c1cnc2ccccc2c1. The minimum Gasteiger partial charge on any atom is -0.381 e. The molecule has 0 fully saturated rings. The van der Waals surface area contributed by atoms with Crippen LogP contribution >= 0.6 is 0 Å². The normalized spacial score (nSPS) is 10.3. The van der Waals surface area contributed by atoms with Crippen LogP contribution in [0.25, 0.3) is 17.0 Å². The monoisotopic (exact) mass is 229 g/mol. The molecule has 90 valence electrons. The summed E-state index contributed by atoms with van der Waals surface area (Å²) in [5.74, 6) is 0. The van der Waals surface area contributed by atoms with Crippen molar-refractivity contribution in [2.45, 2.75) is 13.8 Å². The maximum Gasteiger partial charge on any atom is 0.0702 e. The fourth-order valence-corrected chi connectivity index (χ4v) is 1.46. The van der Waals surface area contributed by atoms with Crippen molar-refractivity contribution in [3.63, 3.8) is 0 Å². The van der Waals surface area contributed by atoms with E-state index >= 15 is 0 Å². The number of ether oxygens (including phenoxy) is 1. The minimum atomic E-state index is 0.632. The number of aromatic nitrogens is 1. The first-order valence-corrected chi connectivity index (χ1v) is 5.90. The molecule has 2 rings (SSSR count). The zero-order valence-electron chi connectivity index (χ0n) is 10.7. The Labute approximate surface area is 103 Å². The highest BCUT2D eigenvalue weighted by atomic mass is 16.5. The van der Waals surface area contributed by atoms with Gasteiger partial charge in [-0.1, -0.05) is 44.2 Å². The molecule has 0 aliphatic heterocycles. The largest absolute Gasteiger partial charge is 0.381 e. The Bertz CT molecular complexity index is 477. The number of fused-ring (bicyclic) bond motifs is 1. The van der Waals surface area contributed by atoms with Crippen LogP contribution in [0.5, 0.6) is 0 Å². The van der Waals surface area contributed by atoms with Crippen molar-refractivity contribution in [2.24, 2.45) is 0 Å². The Balaban J connectivity index is 0.000000686. The molecule has 0 aliphatic rings. The Morgan fingerprint density at radius 3 is 2.76 bits per heavy atom. The quantitative estimate of drug-likeness (QED) is 0.795. The summed E-state index contributed by atoms with van der Waals surface area (Å²) >= 11 is 0. The number of para-hydroxylation sites is 1. The lowest BCUT2D eigenvalue weighted by Gasteiger charge is -1.98. The van der Waals surface area contributed by atoms with Gasteiger partial charge in [0.2, 0.25) is 0 Å². The molecule has 1 aromatic heterocycles. The highest BCUT2D eigenvalue weighted by molar-refractivity contribution is 5.80. The summed E-state index contributed by atoms with van der Waals surface area (Å²) in [5, 5.41) is 1.16. The molecule has 0 bridgehead atoms. The summed E-state index contributed by atoms with van der Waals surface area (Å²) in [6, 6.07) is 10.2. The molecule has 0 aliphatic carbocycles. The Kier molecular flexibility index (Phi) is 5.97. The lowest BCUT2D eigenvalue weighted by atomic mass is 10.1. The molecule has 0 atom stereocenters. The molecule has 1 heterocycles. The lowest BCUT2D eigenvalue weighted by molar-refractivity contribution is 0.234. The van der Waals surface area contributed by atoms with Crippen molar-refractivity contribution in [1.29, 1.82) is 0 Å². The van der Waals surface area contributed by atoms with Crippen molar-refractivity contribution >= 4 is 17.0 Å². The first-order valence-electron chi connectivity index (χ1n) is 5.90. The van der Waals surface area contributed by atoms with Crippen molar-refractivity contribution in [1.82, 2.24) is 4.98 Å². The van der Waals surface area contributed by atoms with Crippen molar-refractivity contribution in [3.05, 3.63) is 48.2 Å². The minimum absolute atomic E-state index is 0.632. The summed E-state index contributed by atoms with van der Waals surface area (Å²) in [5.41, 5.74) is 2.13. The molecule has 0 spiro atoms. The van der Waals surface area contributed by atoms with Gasteiger partial charge in [0, 0.05) is 18.7 Å². The molecule has 0 saturated heterocycles. The number of hydrogen-bond acceptors (Lipinski definition) is 2. The molecule has 2 nitrogen and oxygen atoms in total. The van der Waals surface area contributed by atoms with Gasteiger partial charge in [0.15, 0.2) is 0 Å². The highest BCUT2D eigenvalue weighted by Gasteiger charge is 1.93. The average Bonchev–Trinajstić information content (AvgIpc) is 2.41. The summed E-state index contributed by atoms with van der Waals surface area (Å²) in [7, 11) is 1.68. The molecule has 2 heteroatoms. The van der Waals surface area contributed by atoms with E-state index in [2.05, 4.69) is 17.1 Å². The lowest BCUT2D eigenvalue weighted by Crippen LogP contribution is -1.83. The molecule has 2 aromatic rings. The number of pyridine rings is 1. The second-order valence-corrected chi connectivity index (χ2v) is 3.32. The summed E-state index contributed by atoms with van der Waals surface area (Å²) in [4.78, 5) is 4.37. The maximum atomic E-state index is 4.94. The summed E-state index contributed by atoms with van der Waals surface area (Å²) in [6.07, 6.45) is 5.86. The van der Waals surface area contributed by atoms with Crippen LogP contribution in [-0.4, -0.2) is 18.7 Å². The Morgan fingerprint density at radius 2 is 2.00 bits per heavy atom. The summed E-state index contributed by atoms with van der Waals surface area (Å²) < 4.78 is 4.94. The van der Waals surface area contributed by atoms with Gasteiger partial charge in [0.25, 0.3) is 0 Å². The van der Waals surface area contributed by atoms with Crippen LogP contribution in [0.15, 0.2) is 42.6 Å². The van der Waals surface area contributed by atoms with E-state index in [1.54, 1.807) is 7.11 Å². The van der Waals surface area contributed by atoms with Crippen LogP contribution < -0.4 is 0 Å². The van der Waals surface area contributed by atoms with E-state index in [1.165, 1.54) is 0 Å². The molecule has 0 unspecified atom stereocenters. The van der Waals surface area contributed by atoms with Gasteiger partial charge in [-0.05, 0) is 17.7 Å². The standard InChI is InChI=1S/C13H13NO.C2H6/c1-15-8-4-5-11-9-12-6-2-3-7-13(12)14-10-11;1-2/h2-7,9-10H,8H2,1H3;1-2H3/b5-4+;. The van der Waals surface area contributed by atoms with E-state index in [-0.39, 0.29) is 0 Å². The zero-order valence-corrected chi connectivity index (χ0v) is 10.7. The van der Waals surface area contributed by atoms with Crippen molar-refractivity contribution < 1.29 is 4.74 Å². The first-order chi connectivity index (χ1) is 8.40. The smallest absolute Gasteiger partial charge is 0.0702 e. The van der Waals surface area contributed by atoms with E-state index in [9.17, 15) is 0 Å². The third-order valence-corrected chi connectivity index (χ3v) is 2.18. The zero-order chi connectivity index (χ0) is 12.5. The van der Waals surface area contributed by atoms with Gasteiger partial charge in [-0.15, -0.1) is 0 Å². The molecule has 0 saturated carbocycles. The van der Waals surface area contributed by atoms with Crippen LogP contribution in [0.2, 0.25) is 0 Å². The number of benzene rings is 1. The molecule has 0 N–H and O–H groups in total. The first kappa shape index (κ1) is 13.4. The number of nitrogens with zero attached hydrogens (tertiary/aromatic N) is 1. The molecular weight excluding hydrogens is 210 g/mol. The number of rotatable bonds is 3. The molecular formula is C15H19NO. The highest BCUT2D eigenvalue weighted by Crippen LogP contribution is 2.13. The fraction of sp³-hybridized carbons (Fsp3) is 0.267. The van der Waals surface area contributed by atoms with E-state index in [0.29, 0.717) is 6.61 Å². The average molecular weight is 229 g/mol. The number of hydrogen-bond donors (Lipinski definition) is 0. The van der Waals surface area contributed by atoms with Gasteiger partial charge < -0.3 is 4.74 Å². The van der Waals surface area contributed by atoms with Gasteiger partial charge in [0.05, 0.1) is 12.1 Å². The molecule has 0 amide bonds. The Morgan fingerprint density at radius 1 is 1.24 bits per heavy atom. The predicted octanol–water partition coefficient (Wildman–Crippen LogP) is 3.92. The number of methoxy groups -OCH3 is 1. The second kappa shape index (κ2) is 7.58. The predicted molar refractivity (Wildman–Crippen MR) is 74.0 cm³/mol. The fourth-order valence-electron chi connectivity index (χ4n) is 1.46. The molecule has 0 radical (unpaired) electrons. The second-order valence-electron chi connectivity index (χ2n) is 3.32. The van der Waals surface area contributed by atoms with E-state index in [4.69, 9.17) is 4.74 Å². The molecule has 17 heavy (non-hydrogen) atoms. The van der Waals surface area contributed by atoms with Gasteiger partial charge in [-0.25, -0.2) is 0 Å². The van der Waals surface area contributed by atoms with Crippen LogP contribution in [0.1, 0.15) is 19.4 Å². The van der Waals surface area contributed by atoms with Crippen LogP contribution in [0.3, 0.4) is 0 Å². The van der Waals surface area contributed by atoms with Crippen molar-refractivity contribution in [2.75, 3.05) is 13.7 Å². The topological polar surface area (TPSA) is 22.1 Å². The summed E-state index contributed by atoms with van der Waals surface area (Å²) in [6.45, 7) is 4.63. The van der Waals surface area contributed by atoms with Crippen LogP contribution in [0, 0.1) is 0 Å². The van der Waals surface area contributed by atoms with Crippen molar-refractivity contribution in [3.8, 4) is 0 Å².